The van der Waals surface area contributed by atoms with Crippen molar-refractivity contribution in [1.82, 2.24) is 21.1 Å². The van der Waals surface area contributed by atoms with Crippen LogP contribution in [0.3, 0.4) is 0 Å². The number of phenolic OH excluding ortho intramolecular Hbond substituents is 1. The third kappa shape index (κ3) is 15.8. The molecule has 0 radical (unpaired) electrons. The van der Waals surface area contributed by atoms with E-state index in [-0.39, 0.29) is 42.6 Å². The van der Waals surface area contributed by atoms with Crippen molar-refractivity contribution in [2.24, 2.45) is 17.8 Å². The van der Waals surface area contributed by atoms with Crippen LogP contribution in [0.15, 0.2) is 72.4 Å². The Morgan fingerprint density at radius 1 is 1.05 bits per heavy atom. The van der Waals surface area contributed by atoms with Crippen molar-refractivity contribution in [1.29, 1.82) is 0 Å². The fourth-order valence-electron chi connectivity index (χ4n) is 6.94. The smallest absolute Gasteiger partial charge is 0.325 e. The van der Waals surface area contributed by atoms with Crippen LogP contribution in [-0.4, -0.2) is 99.2 Å². The number of fused-ring (bicyclic) bond motifs is 2. The number of ketones is 2. The summed E-state index contributed by atoms with van der Waals surface area (Å²) in [6.45, 7) is 11.2. The molecule has 2 aliphatic heterocycles. The van der Waals surface area contributed by atoms with Crippen molar-refractivity contribution in [3.05, 3.63) is 77.9 Å². The lowest BCUT2D eigenvalue weighted by atomic mass is 9.84. The summed E-state index contributed by atoms with van der Waals surface area (Å²) < 4.78 is 6.09. The maximum atomic E-state index is 14.1. The summed E-state index contributed by atoms with van der Waals surface area (Å²) in [7, 11) is 0. The highest BCUT2D eigenvalue weighted by Crippen LogP contribution is 2.24. The minimum Gasteiger partial charge on any atom is -0.508 e. The van der Waals surface area contributed by atoms with E-state index in [0.717, 1.165) is 17.6 Å². The molecule has 57 heavy (non-hydrogen) atoms. The molecule has 0 spiro atoms. The predicted octanol–water partition coefficient (Wildman–Crippen LogP) is 4.17. The number of nitrogens with one attached hydrogen (secondary N) is 3. The number of esters is 1. The number of aliphatic hydroxyl groups is 2. The lowest BCUT2D eigenvalue weighted by Crippen LogP contribution is -2.60. The van der Waals surface area contributed by atoms with Crippen LogP contribution in [-0.2, 0) is 35.1 Å². The van der Waals surface area contributed by atoms with Gasteiger partial charge in [-0.3, -0.25) is 19.2 Å². The first kappa shape index (κ1) is 46.9. The molecule has 9 atom stereocenters. The van der Waals surface area contributed by atoms with E-state index in [1.807, 2.05) is 24.9 Å². The Bertz CT molecular complexity index is 1640. The van der Waals surface area contributed by atoms with Gasteiger partial charge in [-0.1, -0.05) is 76.3 Å². The van der Waals surface area contributed by atoms with Gasteiger partial charge in [0.25, 0.3) is 0 Å². The Morgan fingerprint density at radius 3 is 2.49 bits per heavy atom. The SMILES string of the molecule is CCCC(=O)/C=C/C=C(\C)[C@@H]1C/C=C/C=C/[C@H](O)[C@H](C)[C@@H](O)[C@@H](CCC(C)=O)C(=O)N[C@@H](C(C)C)C(=O)N[C@@H](Cc2cccc(O)c2)CN2CCCC(N2)C(=O)O1. The highest BCUT2D eigenvalue weighted by atomic mass is 16.5. The number of aromatic hydroxyl groups is 1. The average molecular weight is 793 g/mol. The molecular formula is C44H64N4O9. The number of Topliss-reactive ketones (excluding diaryl/α,β-unsaturated/α-hetero) is 1. The third-order valence-corrected chi connectivity index (χ3v) is 10.4. The molecule has 0 aromatic heterocycles. The fourth-order valence-corrected chi connectivity index (χ4v) is 6.94. The maximum absolute atomic E-state index is 14.1. The number of carbonyl (C=O) groups is 5. The van der Waals surface area contributed by atoms with Crippen molar-refractivity contribution in [3.8, 4) is 5.75 Å². The third-order valence-electron chi connectivity index (χ3n) is 10.4. The first-order valence-electron chi connectivity index (χ1n) is 20.3. The molecule has 6 N–H and O–H groups in total. The van der Waals surface area contributed by atoms with Gasteiger partial charge < -0.3 is 35.5 Å². The van der Waals surface area contributed by atoms with Gasteiger partial charge in [0.05, 0.1) is 18.1 Å². The van der Waals surface area contributed by atoms with Gasteiger partial charge in [0.15, 0.2) is 5.78 Å². The van der Waals surface area contributed by atoms with Gasteiger partial charge in [-0.15, -0.1) is 0 Å². The molecule has 2 unspecified atom stereocenters. The lowest BCUT2D eigenvalue weighted by Gasteiger charge is -2.36. The number of nitrogens with zero attached hydrogens (tertiary/aromatic N) is 1. The average Bonchev–Trinajstić information content (AvgIpc) is 3.15. The van der Waals surface area contributed by atoms with Crippen LogP contribution in [0.2, 0.25) is 0 Å². The minimum absolute atomic E-state index is 0.000366. The van der Waals surface area contributed by atoms with E-state index in [9.17, 15) is 39.3 Å². The monoisotopic (exact) mass is 792 g/mol. The number of phenols is 1. The van der Waals surface area contributed by atoms with Gasteiger partial charge in [-0.25, -0.2) is 10.4 Å². The van der Waals surface area contributed by atoms with Crippen molar-refractivity contribution < 1.29 is 44.0 Å². The number of ether oxygens (including phenoxy) is 1. The molecule has 1 fully saturated rings. The van der Waals surface area contributed by atoms with E-state index in [1.165, 1.54) is 19.1 Å². The Labute approximate surface area is 337 Å². The number of benzene rings is 1. The molecule has 1 aromatic carbocycles. The van der Waals surface area contributed by atoms with Gasteiger partial charge >= 0.3 is 5.97 Å². The predicted molar refractivity (Wildman–Crippen MR) is 218 cm³/mol. The molecule has 2 heterocycles. The Hall–Kier alpha value is -4.43. The molecule has 3 rings (SSSR count). The molecule has 1 aromatic rings. The summed E-state index contributed by atoms with van der Waals surface area (Å²) in [6.07, 6.45) is 11.3. The van der Waals surface area contributed by atoms with Crippen LogP contribution in [0.4, 0.5) is 0 Å². The maximum Gasteiger partial charge on any atom is 0.325 e. The number of amides is 2. The van der Waals surface area contributed by atoms with E-state index in [1.54, 1.807) is 69.4 Å². The summed E-state index contributed by atoms with van der Waals surface area (Å²) in [6, 6.07) is 4.50. The van der Waals surface area contributed by atoms with E-state index < -0.39 is 66.1 Å². The van der Waals surface area contributed by atoms with Crippen LogP contribution < -0.4 is 16.1 Å². The number of allylic oxidation sites excluding steroid dienone is 5. The molecule has 314 valence electrons. The zero-order valence-electron chi connectivity index (χ0n) is 34.4. The number of hydrogen-bond donors (Lipinski definition) is 6. The zero-order valence-corrected chi connectivity index (χ0v) is 34.4. The van der Waals surface area contributed by atoms with E-state index in [4.69, 9.17) is 4.74 Å². The second-order valence-electron chi connectivity index (χ2n) is 15.7. The highest BCUT2D eigenvalue weighted by molar-refractivity contribution is 5.90. The number of aliphatic hydroxyl groups excluding tert-OH is 2. The van der Waals surface area contributed by atoms with Crippen LogP contribution in [0.5, 0.6) is 5.75 Å². The topological polar surface area (TPSA) is 195 Å². The van der Waals surface area contributed by atoms with Crippen LogP contribution in [0.25, 0.3) is 0 Å². The van der Waals surface area contributed by atoms with Crippen molar-refractivity contribution in [2.75, 3.05) is 13.1 Å². The summed E-state index contributed by atoms with van der Waals surface area (Å²) in [5.41, 5.74) is 4.78. The number of rotatable bonds is 11. The molecule has 13 nitrogen and oxygen atoms in total. The van der Waals surface area contributed by atoms with E-state index in [2.05, 4.69) is 16.1 Å². The summed E-state index contributed by atoms with van der Waals surface area (Å²) in [5, 5.41) is 40.5. The number of hydrogen-bond acceptors (Lipinski definition) is 11. The minimum atomic E-state index is -1.35. The zero-order chi connectivity index (χ0) is 42.1. The first-order chi connectivity index (χ1) is 27.1. The quantitative estimate of drug-likeness (QED) is 0.107. The summed E-state index contributed by atoms with van der Waals surface area (Å²) >= 11 is 0. The fraction of sp³-hybridized carbons (Fsp3) is 0.568. The highest BCUT2D eigenvalue weighted by Gasteiger charge is 2.37. The van der Waals surface area contributed by atoms with Crippen LogP contribution in [0.1, 0.15) is 92.1 Å². The molecule has 2 bridgehead atoms. The Morgan fingerprint density at radius 2 is 1.81 bits per heavy atom. The largest absolute Gasteiger partial charge is 0.508 e. The molecule has 13 heteroatoms. The standard InChI is InChI=1S/C44H64N4O9/c1-7-14-34(50)17-11-15-29(4)39-21-10-8-9-20-38(52)31(6)41(53)36(23-22-30(5)49)42(54)46-40(28(2)3)43(55)45-33(25-32-16-12-18-35(51)26-32)27-48-24-13-19-37(47-48)44(56)57-39/h8-12,15-18,20,26,28,31,33,36-41,47,51-53H,7,13-14,19,21-25,27H2,1-6H3,(H,45,55)(H,46,54)/b10-8+,17-11+,20-9+,29-15+/t31-,33-,36+,37?,38-,39-,40-,41+/m0/s1. The number of carbonyl (C=O) groups excluding carboxylic acids is 5. The van der Waals surface area contributed by atoms with E-state index in [0.29, 0.717) is 38.6 Å². The normalized spacial score (nSPS) is 30.0. The van der Waals surface area contributed by atoms with Gasteiger partial charge in [0, 0.05) is 44.3 Å². The molecule has 1 saturated heterocycles. The van der Waals surface area contributed by atoms with Gasteiger partial charge in [-0.05, 0) is 81.2 Å². The van der Waals surface area contributed by atoms with Crippen molar-refractivity contribution in [3.63, 3.8) is 0 Å². The summed E-state index contributed by atoms with van der Waals surface area (Å²) in [4.78, 5) is 65.8. The van der Waals surface area contributed by atoms with Crippen molar-refractivity contribution >= 4 is 29.4 Å². The van der Waals surface area contributed by atoms with E-state index >= 15 is 0 Å². The molecule has 0 saturated carbocycles. The molecule has 0 aliphatic carbocycles. The lowest BCUT2D eigenvalue weighted by molar-refractivity contribution is -0.153. The van der Waals surface area contributed by atoms with Crippen molar-refractivity contribution in [2.45, 2.75) is 129 Å². The van der Waals surface area contributed by atoms with Crippen LogP contribution in [0, 0.1) is 17.8 Å². The molecular weight excluding hydrogens is 729 g/mol. The first-order valence-corrected chi connectivity index (χ1v) is 20.3. The van der Waals surface area contributed by atoms with Crippen LogP contribution >= 0.6 is 0 Å². The summed E-state index contributed by atoms with van der Waals surface area (Å²) in [5.74, 6) is -3.90. The Balaban J connectivity index is 2.03. The molecule has 2 aliphatic rings. The van der Waals surface area contributed by atoms with Gasteiger partial charge in [0.1, 0.15) is 29.7 Å². The number of cyclic esters (lactones) is 1. The second-order valence-corrected chi connectivity index (χ2v) is 15.7. The number of hydrazine groups is 1. The second kappa shape index (κ2) is 23.7. The Kier molecular flexibility index (Phi) is 19.5. The molecule has 2 amide bonds. The van der Waals surface area contributed by atoms with Gasteiger partial charge in [0.2, 0.25) is 11.8 Å². The van der Waals surface area contributed by atoms with Gasteiger partial charge in [-0.2, -0.15) is 0 Å².